The number of fused-ring (bicyclic) bond motifs is 5. The minimum atomic E-state index is -4.93. The van der Waals surface area contributed by atoms with E-state index in [1.54, 1.807) is 20.8 Å². The molecule has 0 aromatic heterocycles. The van der Waals surface area contributed by atoms with Gasteiger partial charge in [-0.2, -0.15) is 0 Å². The summed E-state index contributed by atoms with van der Waals surface area (Å²) in [6.45, 7) is 3.97. The van der Waals surface area contributed by atoms with Crippen molar-refractivity contribution in [2.75, 3.05) is 6.61 Å². The molecule has 8 atom stereocenters. The lowest BCUT2D eigenvalue weighted by molar-refractivity contribution is -0.225. The molecule has 0 radical (unpaired) electrons. The fourth-order valence-electron chi connectivity index (χ4n) is 6.94. The Balaban J connectivity index is 1.74. The number of alkyl halides is 1. The van der Waals surface area contributed by atoms with Gasteiger partial charge in [-0.15, -0.1) is 0 Å². The van der Waals surface area contributed by atoms with Gasteiger partial charge >= 0.3 is 7.82 Å². The van der Waals surface area contributed by atoms with Crippen LogP contribution in [0.5, 0.6) is 0 Å². The number of hydrogen-bond acceptors (Lipinski definition) is 6. The molecule has 178 valence electrons. The average Bonchev–Trinajstić information content (AvgIpc) is 2.69. The van der Waals surface area contributed by atoms with Gasteiger partial charge in [0.05, 0.1) is 12.7 Å². The summed E-state index contributed by atoms with van der Waals surface area (Å²) in [5, 5.41) is 22.3. The molecular weight excluding hydrogens is 442 g/mol. The van der Waals surface area contributed by atoms with Crippen LogP contribution in [0, 0.1) is 28.6 Å². The van der Waals surface area contributed by atoms with Gasteiger partial charge in [-0.25, -0.2) is 8.96 Å². The number of aliphatic hydroxyl groups excluding tert-OH is 1. The second-order valence-corrected chi connectivity index (χ2v) is 11.7. The summed E-state index contributed by atoms with van der Waals surface area (Å²) >= 11 is 0. The zero-order valence-corrected chi connectivity index (χ0v) is 19.2. The molecule has 10 heteroatoms. The number of phosphoric ester groups is 1. The highest BCUT2D eigenvalue weighted by molar-refractivity contribution is 7.46. The van der Waals surface area contributed by atoms with E-state index < -0.39 is 66.2 Å². The van der Waals surface area contributed by atoms with Crippen molar-refractivity contribution in [3.05, 3.63) is 23.8 Å². The molecule has 0 aromatic carbocycles. The lowest BCUT2D eigenvalue weighted by atomic mass is 9.41. The second kappa shape index (κ2) is 7.14. The van der Waals surface area contributed by atoms with Crippen LogP contribution in [0.2, 0.25) is 0 Å². The SMILES string of the molecule is C[C@@H]1C[C@H]2[C@@H]3CCC4=CC(=O)C=C[C@]4(C)[C@@]3(F)[C@@H](O)C[C@]2(C)C(=O)[C@@]1(O)COP(=O)(O)O. The molecule has 0 amide bonds. The van der Waals surface area contributed by atoms with Crippen LogP contribution in [0.3, 0.4) is 0 Å². The Morgan fingerprint density at radius 3 is 2.53 bits per heavy atom. The molecule has 8 nitrogen and oxygen atoms in total. The maximum Gasteiger partial charge on any atom is 0.469 e. The van der Waals surface area contributed by atoms with Gasteiger partial charge in [0.2, 0.25) is 0 Å². The molecule has 0 aromatic rings. The summed E-state index contributed by atoms with van der Waals surface area (Å²) in [6.07, 6.45) is 3.52. The molecule has 4 rings (SSSR count). The molecule has 0 spiro atoms. The summed E-state index contributed by atoms with van der Waals surface area (Å²) in [5.41, 5.74) is -6.12. The molecule has 3 saturated carbocycles. The molecule has 0 heterocycles. The lowest BCUT2D eigenvalue weighted by Crippen LogP contribution is -2.72. The van der Waals surface area contributed by atoms with Gasteiger partial charge in [0.1, 0.15) is 5.60 Å². The van der Waals surface area contributed by atoms with Crippen molar-refractivity contribution in [1.29, 1.82) is 0 Å². The van der Waals surface area contributed by atoms with Crippen LogP contribution < -0.4 is 0 Å². The fraction of sp³-hybridized carbons (Fsp3) is 0.727. The van der Waals surface area contributed by atoms with Gasteiger partial charge in [0, 0.05) is 16.7 Å². The number of carbonyl (C=O) groups is 2. The van der Waals surface area contributed by atoms with Crippen LogP contribution in [0.15, 0.2) is 23.8 Å². The topological polar surface area (TPSA) is 141 Å². The summed E-state index contributed by atoms with van der Waals surface area (Å²) < 4.78 is 32.7. The highest BCUT2D eigenvalue weighted by Gasteiger charge is 2.72. The van der Waals surface area contributed by atoms with E-state index in [1.807, 2.05) is 0 Å². The quantitative estimate of drug-likeness (QED) is 0.457. The van der Waals surface area contributed by atoms with Crippen LogP contribution in [-0.2, 0) is 18.7 Å². The first-order chi connectivity index (χ1) is 14.6. The van der Waals surface area contributed by atoms with Crippen molar-refractivity contribution in [1.82, 2.24) is 0 Å². The van der Waals surface area contributed by atoms with Crippen molar-refractivity contribution < 1.29 is 43.1 Å². The van der Waals surface area contributed by atoms with Crippen molar-refractivity contribution in [2.45, 2.75) is 63.8 Å². The van der Waals surface area contributed by atoms with E-state index in [9.17, 15) is 24.4 Å². The van der Waals surface area contributed by atoms with Crippen molar-refractivity contribution in [2.24, 2.45) is 28.6 Å². The van der Waals surface area contributed by atoms with Gasteiger partial charge in [0.25, 0.3) is 0 Å². The summed E-state index contributed by atoms with van der Waals surface area (Å²) in [7, 11) is -4.93. The molecular formula is C22H30FO8P. The number of hydrogen-bond donors (Lipinski definition) is 4. The number of ketones is 2. The first kappa shape index (κ1) is 23.9. The third kappa shape index (κ3) is 3.09. The van der Waals surface area contributed by atoms with E-state index in [0.29, 0.717) is 18.4 Å². The Kier molecular flexibility index (Phi) is 5.34. The van der Waals surface area contributed by atoms with Gasteiger partial charge in [0.15, 0.2) is 17.2 Å². The second-order valence-electron chi connectivity index (χ2n) is 10.4. The van der Waals surface area contributed by atoms with Crippen LogP contribution in [0.25, 0.3) is 0 Å². The third-order valence-electron chi connectivity index (χ3n) is 8.82. The number of halogens is 1. The number of rotatable bonds is 3. The molecule has 0 aliphatic heterocycles. The Hall–Kier alpha value is -1.22. The van der Waals surface area contributed by atoms with Gasteiger partial charge in [-0.05, 0) is 56.6 Å². The maximum atomic E-state index is 17.0. The third-order valence-corrected chi connectivity index (χ3v) is 9.28. The number of allylic oxidation sites excluding steroid dienone is 4. The highest BCUT2D eigenvalue weighted by Crippen LogP contribution is 2.67. The summed E-state index contributed by atoms with van der Waals surface area (Å²) in [5.74, 6) is -2.85. The van der Waals surface area contributed by atoms with Crippen LogP contribution >= 0.6 is 7.82 Å². The monoisotopic (exact) mass is 472 g/mol. The summed E-state index contributed by atoms with van der Waals surface area (Å²) in [4.78, 5) is 43.6. The Morgan fingerprint density at radius 2 is 1.91 bits per heavy atom. The Labute approximate surface area is 185 Å². The van der Waals surface area contributed by atoms with Crippen molar-refractivity contribution in [3.8, 4) is 0 Å². The maximum absolute atomic E-state index is 17.0. The molecule has 0 bridgehead atoms. The zero-order chi connectivity index (χ0) is 23.9. The first-order valence-electron chi connectivity index (χ1n) is 10.9. The van der Waals surface area contributed by atoms with Crippen molar-refractivity contribution in [3.63, 3.8) is 0 Å². The van der Waals surface area contributed by atoms with Crippen LogP contribution in [0.4, 0.5) is 4.39 Å². The van der Waals surface area contributed by atoms with Gasteiger partial charge < -0.3 is 20.0 Å². The molecule has 4 aliphatic carbocycles. The number of aliphatic hydroxyl groups is 2. The highest BCUT2D eigenvalue weighted by atomic mass is 31.2. The average molecular weight is 472 g/mol. The fourth-order valence-corrected chi connectivity index (χ4v) is 7.31. The molecule has 4 aliphatic rings. The molecule has 0 saturated heterocycles. The molecule has 0 unspecified atom stereocenters. The van der Waals surface area contributed by atoms with E-state index in [2.05, 4.69) is 4.52 Å². The predicted molar refractivity (Wildman–Crippen MR) is 111 cm³/mol. The van der Waals surface area contributed by atoms with E-state index in [4.69, 9.17) is 9.79 Å². The minimum Gasteiger partial charge on any atom is -0.390 e. The van der Waals surface area contributed by atoms with Crippen molar-refractivity contribution >= 4 is 19.4 Å². The largest absolute Gasteiger partial charge is 0.469 e. The first-order valence-corrected chi connectivity index (χ1v) is 12.4. The smallest absolute Gasteiger partial charge is 0.390 e. The molecule has 3 fully saturated rings. The zero-order valence-electron chi connectivity index (χ0n) is 18.3. The van der Waals surface area contributed by atoms with E-state index in [-0.39, 0.29) is 18.6 Å². The van der Waals surface area contributed by atoms with Crippen LogP contribution in [0.1, 0.15) is 46.5 Å². The van der Waals surface area contributed by atoms with Gasteiger partial charge in [-0.3, -0.25) is 14.1 Å². The number of Topliss-reactive ketones (excluding diaryl/α,β-unsaturated/α-hetero) is 1. The predicted octanol–water partition coefficient (Wildman–Crippen LogP) is 2.01. The summed E-state index contributed by atoms with van der Waals surface area (Å²) in [6, 6.07) is 0. The Morgan fingerprint density at radius 1 is 1.25 bits per heavy atom. The minimum absolute atomic E-state index is 0.216. The van der Waals surface area contributed by atoms with Crippen LogP contribution in [-0.4, -0.2) is 55.5 Å². The normalized spacial score (nSPS) is 48.6. The van der Waals surface area contributed by atoms with E-state index >= 15 is 4.39 Å². The lowest BCUT2D eigenvalue weighted by Gasteiger charge is -2.64. The number of carbonyl (C=O) groups excluding carboxylic acids is 2. The van der Waals surface area contributed by atoms with E-state index in [0.717, 1.165) is 0 Å². The van der Waals surface area contributed by atoms with E-state index in [1.165, 1.54) is 18.2 Å². The Bertz CT molecular complexity index is 973. The molecule has 32 heavy (non-hydrogen) atoms. The van der Waals surface area contributed by atoms with Gasteiger partial charge in [-0.1, -0.05) is 25.5 Å². The number of phosphoric acid groups is 1. The standard InChI is InChI=1S/C22H30FO8P/c1-12-8-16-15-5-4-13-9-14(24)6-7-20(13,3)22(15,23)17(25)10-19(16,2)18(26)21(12,27)11-31-32(28,29)30/h6-7,9,12,15-17,25,27H,4-5,8,10-11H2,1-3H3,(H2,28,29,30)/t12-,15+,16+,17+,19+,20+,21-,22+/m1/s1. The molecule has 4 N–H and O–H groups in total.